The van der Waals surface area contributed by atoms with E-state index in [1.54, 1.807) is 7.11 Å². The van der Waals surface area contributed by atoms with E-state index < -0.39 is 0 Å². The molecular formula is C12H17N3O4. The van der Waals surface area contributed by atoms with Crippen LogP contribution in [0, 0.1) is 0 Å². The summed E-state index contributed by atoms with van der Waals surface area (Å²) in [4.78, 5) is 32.6. The van der Waals surface area contributed by atoms with E-state index in [-0.39, 0.29) is 30.5 Å². The Kier molecular flexibility index (Phi) is 6.45. The third-order valence-corrected chi connectivity index (χ3v) is 2.45. The normalized spacial score (nSPS) is 10.0. The highest BCUT2D eigenvalue weighted by Crippen LogP contribution is 2.02. The number of rotatable bonds is 7. The maximum atomic E-state index is 12.2. The van der Waals surface area contributed by atoms with Crippen LogP contribution in [0.25, 0.3) is 0 Å². The largest absolute Gasteiger partial charge is 0.469 e. The fraction of sp³-hybridized carbons (Fsp3) is 0.500. The third-order valence-electron chi connectivity index (χ3n) is 2.45. The van der Waals surface area contributed by atoms with Gasteiger partial charge in [-0.25, -0.2) is 4.98 Å². The molecule has 1 aromatic heterocycles. The van der Waals surface area contributed by atoms with Gasteiger partial charge in [0.25, 0.3) is 5.91 Å². The fourth-order valence-electron chi connectivity index (χ4n) is 1.42. The van der Waals surface area contributed by atoms with Crippen LogP contribution in [-0.4, -0.2) is 60.7 Å². The van der Waals surface area contributed by atoms with Gasteiger partial charge in [0, 0.05) is 32.6 Å². The quantitative estimate of drug-likeness (QED) is 0.653. The predicted octanol–water partition coefficient (Wildman–Crippen LogP) is 0.128. The van der Waals surface area contributed by atoms with Crippen molar-refractivity contribution in [1.82, 2.24) is 14.9 Å². The zero-order valence-electron chi connectivity index (χ0n) is 11.0. The van der Waals surface area contributed by atoms with E-state index >= 15 is 0 Å². The van der Waals surface area contributed by atoms with E-state index in [0.717, 1.165) is 0 Å². The molecule has 0 saturated heterocycles. The number of methoxy groups -OCH3 is 2. The van der Waals surface area contributed by atoms with Crippen molar-refractivity contribution in [1.29, 1.82) is 0 Å². The van der Waals surface area contributed by atoms with Gasteiger partial charge in [0.2, 0.25) is 0 Å². The van der Waals surface area contributed by atoms with Crippen LogP contribution in [0.5, 0.6) is 0 Å². The minimum absolute atomic E-state index is 0.131. The lowest BCUT2D eigenvalue weighted by atomic mass is 10.3. The van der Waals surface area contributed by atoms with Gasteiger partial charge >= 0.3 is 5.97 Å². The van der Waals surface area contributed by atoms with E-state index in [2.05, 4.69) is 14.7 Å². The van der Waals surface area contributed by atoms with E-state index in [9.17, 15) is 9.59 Å². The SMILES string of the molecule is COCCN(CCC(=O)OC)C(=O)c1cnccn1. The van der Waals surface area contributed by atoms with Crippen LogP contribution in [0.1, 0.15) is 16.9 Å². The van der Waals surface area contributed by atoms with Crippen molar-refractivity contribution in [3.63, 3.8) is 0 Å². The average Bonchev–Trinajstić information content (AvgIpc) is 2.47. The van der Waals surface area contributed by atoms with Gasteiger partial charge in [-0.1, -0.05) is 0 Å². The number of esters is 1. The zero-order valence-corrected chi connectivity index (χ0v) is 11.0. The highest BCUT2D eigenvalue weighted by atomic mass is 16.5. The molecule has 0 aliphatic rings. The summed E-state index contributed by atoms with van der Waals surface area (Å²) in [6, 6.07) is 0. The van der Waals surface area contributed by atoms with E-state index in [4.69, 9.17) is 4.74 Å². The summed E-state index contributed by atoms with van der Waals surface area (Å²) in [6.07, 6.45) is 4.46. The first-order chi connectivity index (χ1) is 9.19. The van der Waals surface area contributed by atoms with E-state index in [1.807, 2.05) is 0 Å². The molecule has 0 N–H and O–H groups in total. The van der Waals surface area contributed by atoms with Gasteiger partial charge in [0.05, 0.1) is 26.3 Å². The smallest absolute Gasteiger partial charge is 0.307 e. The van der Waals surface area contributed by atoms with E-state index in [1.165, 1.54) is 30.6 Å². The second-order valence-corrected chi connectivity index (χ2v) is 3.70. The highest BCUT2D eigenvalue weighted by Gasteiger charge is 2.18. The lowest BCUT2D eigenvalue weighted by Gasteiger charge is -2.21. The number of hydrogen-bond donors (Lipinski definition) is 0. The van der Waals surface area contributed by atoms with Crippen molar-refractivity contribution in [2.24, 2.45) is 0 Å². The molecule has 0 aliphatic carbocycles. The topological polar surface area (TPSA) is 81.6 Å². The number of ether oxygens (including phenoxy) is 2. The first kappa shape index (κ1) is 15.0. The summed E-state index contributed by atoms with van der Waals surface area (Å²) in [7, 11) is 2.86. The Morgan fingerprint density at radius 3 is 2.63 bits per heavy atom. The van der Waals surface area contributed by atoms with Crippen LogP contribution in [0.15, 0.2) is 18.6 Å². The Bertz CT molecular complexity index is 411. The lowest BCUT2D eigenvalue weighted by molar-refractivity contribution is -0.140. The van der Waals surface area contributed by atoms with Gasteiger partial charge in [0.15, 0.2) is 0 Å². The second kappa shape index (κ2) is 8.15. The number of hydrogen-bond acceptors (Lipinski definition) is 6. The minimum Gasteiger partial charge on any atom is -0.469 e. The molecule has 7 nitrogen and oxygen atoms in total. The molecule has 7 heteroatoms. The molecule has 0 saturated carbocycles. The van der Waals surface area contributed by atoms with Crippen LogP contribution >= 0.6 is 0 Å². The Labute approximate surface area is 111 Å². The number of aromatic nitrogens is 2. The van der Waals surface area contributed by atoms with Gasteiger partial charge in [-0.05, 0) is 0 Å². The van der Waals surface area contributed by atoms with Gasteiger partial charge in [-0.2, -0.15) is 0 Å². The molecule has 19 heavy (non-hydrogen) atoms. The third kappa shape index (κ3) is 5.01. The maximum Gasteiger partial charge on any atom is 0.307 e. The highest BCUT2D eigenvalue weighted by molar-refractivity contribution is 5.92. The van der Waals surface area contributed by atoms with Crippen molar-refractivity contribution < 1.29 is 19.1 Å². The molecular weight excluding hydrogens is 250 g/mol. The Morgan fingerprint density at radius 1 is 1.26 bits per heavy atom. The summed E-state index contributed by atoms with van der Waals surface area (Å²) < 4.78 is 9.50. The summed E-state index contributed by atoms with van der Waals surface area (Å²) in [5.74, 6) is -0.650. The van der Waals surface area contributed by atoms with Crippen molar-refractivity contribution in [2.75, 3.05) is 33.9 Å². The van der Waals surface area contributed by atoms with Crippen molar-refractivity contribution >= 4 is 11.9 Å². The molecule has 0 aromatic carbocycles. The molecule has 1 aromatic rings. The van der Waals surface area contributed by atoms with Crippen molar-refractivity contribution in [3.8, 4) is 0 Å². The molecule has 0 spiro atoms. The molecule has 0 bridgehead atoms. The number of amides is 1. The van der Waals surface area contributed by atoms with Gasteiger partial charge < -0.3 is 14.4 Å². The molecule has 0 fully saturated rings. The predicted molar refractivity (Wildman–Crippen MR) is 66.4 cm³/mol. The standard InChI is InChI=1S/C12H17N3O4/c1-18-8-7-15(6-3-11(16)19-2)12(17)10-9-13-4-5-14-10/h4-5,9H,3,6-8H2,1-2H3. The molecule has 0 radical (unpaired) electrons. The second-order valence-electron chi connectivity index (χ2n) is 3.70. The Balaban J connectivity index is 2.67. The van der Waals surface area contributed by atoms with Crippen LogP contribution in [0.4, 0.5) is 0 Å². The molecule has 1 rings (SSSR count). The average molecular weight is 267 g/mol. The number of carbonyl (C=O) groups is 2. The van der Waals surface area contributed by atoms with Gasteiger partial charge in [-0.15, -0.1) is 0 Å². The van der Waals surface area contributed by atoms with Crippen LogP contribution in [0.2, 0.25) is 0 Å². The summed E-state index contributed by atoms with van der Waals surface area (Å²) in [6.45, 7) is 1.02. The molecule has 1 heterocycles. The number of carbonyl (C=O) groups excluding carboxylic acids is 2. The summed E-state index contributed by atoms with van der Waals surface area (Å²) in [5, 5.41) is 0. The summed E-state index contributed by atoms with van der Waals surface area (Å²) in [5.41, 5.74) is 0.239. The monoisotopic (exact) mass is 267 g/mol. The van der Waals surface area contributed by atoms with Crippen LogP contribution < -0.4 is 0 Å². The Morgan fingerprint density at radius 2 is 2.05 bits per heavy atom. The maximum absolute atomic E-state index is 12.2. The minimum atomic E-state index is -0.366. The van der Waals surface area contributed by atoms with Crippen molar-refractivity contribution in [3.05, 3.63) is 24.3 Å². The molecule has 1 amide bonds. The van der Waals surface area contributed by atoms with Crippen molar-refractivity contribution in [2.45, 2.75) is 6.42 Å². The summed E-state index contributed by atoms with van der Waals surface area (Å²) >= 11 is 0. The first-order valence-electron chi connectivity index (χ1n) is 5.80. The molecule has 0 atom stereocenters. The van der Waals surface area contributed by atoms with Crippen LogP contribution in [-0.2, 0) is 14.3 Å². The van der Waals surface area contributed by atoms with Gasteiger partial charge in [-0.3, -0.25) is 14.6 Å². The van der Waals surface area contributed by atoms with E-state index in [0.29, 0.717) is 13.2 Å². The fourth-order valence-corrected chi connectivity index (χ4v) is 1.42. The molecule has 0 unspecified atom stereocenters. The Hall–Kier alpha value is -2.02. The number of nitrogens with zero attached hydrogens (tertiary/aromatic N) is 3. The van der Waals surface area contributed by atoms with Crippen LogP contribution in [0.3, 0.4) is 0 Å². The molecule has 0 aliphatic heterocycles. The zero-order chi connectivity index (χ0) is 14.1. The molecule has 104 valence electrons. The lowest BCUT2D eigenvalue weighted by Crippen LogP contribution is -2.36. The van der Waals surface area contributed by atoms with Gasteiger partial charge in [0.1, 0.15) is 5.69 Å². The first-order valence-corrected chi connectivity index (χ1v) is 5.80.